The van der Waals surface area contributed by atoms with Crippen molar-refractivity contribution in [1.29, 1.82) is 0 Å². The Morgan fingerprint density at radius 3 is 1.24 bits per heavy atom. The Morgan fingerprint density at radius 2 is 0.971 bits per heavy atom. The Kier molecular flexibility index (Phi) is 12.3. The maximum atomic E-state index is 11.9. The quantitative estimate of drug-likeness (QED) is 0.203. The zero-order chi connectivity index (χ0) is 26.9. The van der Waals surface area contributed by atoms with Gasteiger partial charge in [-0.15, -0.1) is 0 Å². The summed E-state index contributed by atoms with van der Waals surface area (Å²) >= 11 is 0. The van der Waals surface area contributed by atoms with Gasteiger partial charge in [0.2, 0.25) is 0 Å². The fourth-order valence-corrected chi connectivity index (χ4v) is 2.13. The molecule has 0 aromatic heterocycles. The highest BCUT2D eigenvalue weighted by molar-refractivity contribution is 5.81. The number of esters is 2. The van der Waals surface area contributed by atoms with Crippen LogP contribution in [-0.2, 0) is 28.5 Å². The average Bonchev–Trinajstić information content (AvgIpc) is 2.65. The lowest BCUT2D eigenvalue weighted by molar-refractivity contribution is -0.159. The molecule has 0 saturated carbocycles. The molecule has 0 aromatic carbocycles. The number of hydrogen-bond donors (Lipinski definition) is 5. The predicted octanol–water partition coefficient (Wildman–Crippen LogP) is -0.0181. The van der Waals surface area contributed by atoms with Crippen molar-refractivity contribution < 1.29 is 53.4 Å². The second kappa shape index (κ2) is 13.3. The van der Waals surface area contributed by atoms with Crippen LogP contribution in [0, 0.1) is 0 Å². The van der Waals surface area contributed by atoms with Crippen molar-refractivity contribution in [2.24, 2.45) is 0 Å². The number of aliphatic hydroxyl groups is 3. The Hall–Kier alpha value is -2.64. The lowest BCUT2D eigenvalue weighted by Gasteiger charge is -2.24. The summed E-state index contributed by atoms with van der Waals surface area (Å²) in [5, 5.41) is 34.4. The van der Waals surface area contributed by atoms with E-state index in [1.807, 2.05) is 0 Å². The van der Waals surface area contributed by atoms with Crippen LogP contribution in [0.2, 0.25) is 0 Å². The number of carbonyl (C=O) groups is 4. The van der Waals surface area contributed by atoms with Crippen molar-refractivity contribution in [3.63, 3.8) is 0 Å². The molecule has 1 unspecified atom stereocenters. The molecule has 5 N–H and O–H groups in total. The van der Waals surface area contributed by atoms with Gasteiger partial charge in [-0.1, -0.05) is 0 Å². The molecule has 0 radical (unpaired) electrons. The molecule has 13 nitrogen and oxygen atoms in total. The number of ether oxygens (including phenoxy) is 4. The van der Waals surface area contributed by atoms with Crippen LogP contribution in [0.3, 0.4) is 0 Å². The molecule has 0 aromatic rings. The highest BCUT2D eigenvalue weighted by Gasteiger charge is 2.29. The Balaban J connectivity index is 4.46. The van der Waals surface area contributed by atoms with E-state index in [0.29, 0.717) is 0 Å². The first-order valence-electron chi connectivity index (χ1n) is 10.7. The Morgan fingerprint density at radius 1 is 0.676 bits per heavy atom. The van der Waals surface area contributed by atoms with E-state index in [1.54, 1.807) is 41.5 Å². The van der Waals surface area contributed by atoms with E-state index in [0.717, 1.165) is 0 Å². The van der Waals surface area contributed by atoms with Crippen LogP contribution in [-0.4, -0.2) is 94.3 Å². The van der Waals surface area contributed by atoms with Crippen molar-refractivity contribution in [2.75, 3.05) is 13.2 Å². The molecule has 34 heavy (non-hydrogen) atoms. The van der Waals surface area contributed by atoms with Crippen LogP contribution >= 0.6 is 0 Å². The van der Waals surface area contributed by atoms with E-state index in [-0.39, 0.29) is 0 Å². The summed E-state index contributed by atoms with van der Waals surface area (Å²) in [6, 6.07) is -2.21. The molecule has 0 aliphatic rings. The summed E-state index contributed by atoms with van der Waals surface area (Å²) in [5.74, 6) is -1.83. The van der Waals surface area contributed by atoms with Gasteiger partial charge in [0.25, 0.3) is 0 Å². The molecule has 0 bridgehead atoms. The van der Waals surface area contributed by atoms with Gasteiger partial charge in [-0.3, -0.25) is 0 Å². The second-order valence-corrected chi connectivity index (χ2v) is 9.62. The summed E-state index contributed by atoms with van der Waals surface area (Å²) in [4.78, 5) is 47.2. The molecule has 0 spiro atoms. The van der Waals surface area contributed by atoms with Crippen molar-refractivity contribution in [3.8, 4) is 0 Å². The standard InChI is InChI=1S/C21H38N2O11/c1-11(22-18(29)33-20(3,4)5)16(27)31-9-13(24)15(26)14(25)10-32-17(28)12(2)23-19(30)34-21(6,7)8/h11-15,24-26H,9-10H2,1-8H3,(H,22,29)(H,23,30)/t11-,12-,13-,14+,15?/m0/s1. The monoisotopic (exact) mass is 494 g/mol. The molecule has 0 rings (SSSR count). The van der Waals surface area contributed by atoms with Crippen molar-refractivity contribution in [3.05, 3.63) is 0 Å². The molecule has 2 amide bonds. The van der Waals surface area contributed by atoms with E-state index < -0.39 is 78.9 Å². The minimum Gasteiger partial charge on any atom is -0.461 e. The van der Waals surface area contributed by atoms with Gasteiger partial charge in [0.15, 0.2) is 0 Å². The van der Waals surface area contributed by atoms with Gasteiger partial charge < -0.3 is 44.9 Å². The van der Waals surface area contributed by atoms with Crippen LogP contribution in [0.1, 0.15) is 55.4 Å². The number of amides is 2. The normalized spacial score (nSPS) is 16.2. The Labute approximate surface area is 199 Å². The molecule has 0 saturated heterocycles. The number of rotatable bonds is 10. The first-order chi connectivity index (χ1) is 15.3. The van der Waals surface area contributed by atoms with Crippen molar-refractivity contribution in [1.82, 2.24) is 10.6 Å². The molecule has 198 valence electrons. The summed E-state index contributed by atoms with van der Waals surface area (Å²) in [6.07, 6.45) is -6.95. The number of aliphatic hydroxyl groups excluding tert-OH is 3. The van der Waals surface area contributed by atoms with Crippen LogP contribution in [0.4, 0.5) is 9.59 Å². The SMILES string of the molecule is C[C@H](NC(=O)OC(C)(C)C)C(=O)OC[C@@H](O)C(O)[C@@H](O)COC(=O)[C@H](C)NC(=O)OC(C)(C)C. The van der Waals surface area contributed by atoms with E-state index in [9.17, 15) is 34.5 Å². The van der Waals surface area contributed by atoms with E-state index in [1.165, 1.54) is 13.8 Å². The lowest BCUT2D eigenvalue weighted by Crippen LogP contribution is -2.46. The zero-order valence-corrected chi connectivity index (χ0v) is 20.9. The minimum absolute atomic E-state index is 0.706. The maximum Gasteiger partial charge on any atom is 0.408 e. The maximum absolute atomic E-state index is 11.9. The lowest BCUT2D eigenvalue weighted by atomic mass is 10.1. The summed E-state index contributed by atoms with van der Waals surface area (Å²) in [6.45, 7) is 11.1. The van der Waals surface area contributed by atoms with Gasteiger partial charge in [-0.25, -0.2) is 19.2 Å². The Bertz CT molecular complexity index is 642. The van der Waals surface area contributed by atoms with Crippen molar-refractivity contribution in [2.45, 2.75) is 97.0 Å². The van der Waals surface area contributed by atoms with Crippen molar-refractivity contribution >= 4 is 24.1 Å². The molecular weight excluding hydrogens is 456 g/mol. The van der Waals surface area contributed by atoms with Crippen LogP contribution < -0.4 is 10.6 Å². The predicted molar refractivity (Wildman–Crippen MR) is 118 cm³/mol. The van der Waals surface area contributed by atoms with Gasteiger partial charge in [-0.2, -0.15) is 0 Å². The molecule has 0 aliphatic heterocycles. The second-order valence-electron chi connectivity index (χ2n) is 9.62. The molecule has 0 aliphatic carbocycles. The molecule has 0 heterocycles. The van der Waals surface area contributed by atoms with E-state index in [2.05, 4.69) is 10.6 Å². The zero-order valence-electron chi connectivity index (χ0n) is 20.9. The third-order valence-electron chi connectivity index (χ3n) is 3.75. The first kappa shape index (κ1) is 31.4. The number of nitrogens with one attached hydrogen (secondary N) is 2. The summed E-state index contributed by atoms with van der Waals surface area (Å²) < 4.78 is 19.6. The van der Waals surface area contributed by atoms with Crippen LogP contribution in [0.15, 0.2) is 0 Å². The van der Waals surface area contributed by atoms with Gasteiger partial charge in [0.1, 0.15) is 54.8 Å². The largest absolute Gasteiger partial charge is 0.461 e. The number of hydrogen-bond acceptors (Lipinski definition) is 11. The van der Waals surface area contributed by atoms with Gasteiger partial charge in [-0.05, 0) is 55.4 Å². The molecule has 0 fully saturated rings. The smallest absolute Gasteiger partial charge is 0.408 e. The van der Waals surface area contributed by atoms with Gasteiger partial charge in [0.05, 0.1) is 0 Å². The van der Waals surface area contributed by atoms with E-state index >= 15 is 0 Å². The summed E-state index contributed by atoms with van der Waals surface area (Å²) in [5.41, 5.74) is -1.53. The van der Waals surface area contributed by atoms with Crippen LogP contribution in [0.5, 0.6) is 0 Å². The summed E-state index contributed by atoms with van der Waals surface area (Å²) in [7, 11) is 0. The molecule has 5 atom stereocenters. The third-order valence-corrected chi connectivity index (χ3v) is 3.75. The average molecular weight is 495 g/mol. The molecule has 13 heteroatoms. The fourth-order valence-electron chi connectivity index (χ4n) is 2.13. The third kappa shape index (κ3) is 13.8. The fraction of sp³-hybridized carbons (Fsp3) is 0.810. The highest BCUT2D eigenvalue weighted by Crippen LogP contribution is 2.09. The van der Waals surface area contributed by atoms with Crippen LogP contribution in [0.25, 0.3) is 0 Å². The number of alkyl carbamates (subject to hydrolysis) is 2. The highest BCUT2D eigenvalue weighted by atomic mass is 16.6. The number of carbonyl (C=O) groups excluding carboxylic acids is 4. The van der Waals surface area contributed by atoms with E-state index in [4.69, 9.17) is 18.9 Å². The minimum atomic E-state index is -1.83. The van der Waals surface area contributed by atoms with Gasteiger partial charge in [0, 0.05) is 0 Å². The topological polar surface area (TPSA) is 190 Å². The first-order valence-corrected chi connectivity index (χ1v) is 10.7. The van der Waals surface area contributed by atoms with Gasteiger partial charge >= 0.3 is 24.1 Å². The molecular formula is C21H38N2O11.